The summed E-state index contributed by atoms with van der Waals surface area (Å²) in [5.74, 6) is 1.12. The van der Waals surface area contributed by atoms with Crippen LogP contribution in [0.3, 0.4) is 0 Å². The molecule has 0 aliphatic carbocycles. The van der Waals surface area contributed by atoms with Gasteiger partial charge in [0, 0.05) is 23.3 Å². The molecular formula is C25H18F3N3O5S. The van der Waals surface area contributed by atoms with Gasteiger partial charge in [0.1, 0.15) is 11.8 Å². The molecule has 0 saturated heterocycles. The number of rotatable bonds is 8. The molecule has 4 rings (SSSR count). The number of halogens is 3. The second kappa shape index (κ2) is 10.6. The van der Waals surface area contributed by atoms with Crippen LogP contribution in [0.5, 0.6) is 28.7 Å². The van der Waals surface area contributed by atoms with Gasteiger partial charge in [-0.15, -0.1) is 0 Å². The van der Waals surface area contributed by atoms with E-state index in [2.05, 4.69) is 14.5 Å². The van der Waals surface area contributed by atoms with Crippen LogP contribution in [0.2, 0.25) is 0 Å². The molecule has 3 aromatic carbocycles. The standard InChI is InChI=1S/C25H18F3N3O5S/c1-33-20-5-3-4-6-21(20)35-17-9-7-16(8-10-17)31-24-15(13-29)14-30-19-12-23(22(34-2)11-18(19)24)36-37(32)25(26,27)28/h3-12,14H,1-2H3,(H,30,31). The van der Waals surface area contributed by atoms with Gasteiger partial charge < -0.3 is 23.7 Å². The first-order valence-electron chi connectivity index (χ1n) is 10.5. The van der Waals surface area contributed by atoms with E-state index in [1.807, 2.05) is 18.2 Å². The van der Waals surface area contributed by atoms with Crippen molar-refractivity contribution in [2.45, 2.75) is 5.51 Å². The Bertz CT molecular complexity index is 1500. The molecule has 1 atom stereocenters. The Morgan fingerprint density at radius 3 is 2.24 bits per heavy atom. The number of nitrogens with one attached hydrogen (secondary N) is 1. The summed E-state index contributed by atoms with van der Waals surface area (Å²) >= 11 is -3.60. The Kier molecular flexibility index (Phi) is 7.35. The molecule has 8 nitrogen and oxygen atoms in total. The highest BCUT2D eigenvalue weighted by atomic mass is 32.2. The number of ether oxygens (including phenoxy) is 3. The summed E-state index contributed by atoms with van der Waals surface area (Å²) in [6, 6.07) is 18.6. The minimum absolute atomic E-state index is 0.120. The third-order valence-electron chi connectivity index (χ3n) is 5.05. The molecule has 0 spiro atoms. The van der Waals surface area contributed by atoms with Gasteiger partial charge in [0.2, 0.25) is 0 Å². The average Bonchev–Trinajstić information content (AvgIpc) is 2.89. The highest BCUT2D eigenvalue weighted by molar-refractivity contribution is 7.81. The molecule has 0 fully saturated rings. The molecule has 1 aromatic heterocycles. The number of para-hydroxylation sites is 2. The molecule has 4 aromatic rings. The van der Waals surface area contributed by atoms with Gasteiger partial charge in [0.25, 0.3) is 0 Å². The van der Waals surface area contributed by atoms with E-state index in [1.54, 1.807) is 43.5 Å². The summed E-state index contributed by atoms with van der Waals surface area (Å²) in [4.78, 5) is 4.13. The van der Waals surface area contributed by atoms with Crippen LogP contribution in [0, 0.1) is 11.3 Å². The number of nitriles is 1. The highest BCUT2D eigenvalue weighted by Crippen LogP contribution is 2.39. The Labute approximate surface area is 211 Å². The molecule has 12 heteroatoms. The number of hydrogen-bond acceptors (Lipinski definition) is 8. The lowest BCUT2D eigenvalue weighted by molar-refractivity contribution is -0.0438. The SMILES string of the molecule is COc1ccccc1Oc1ccc(Nc2c(C#N)cnc3cc(OS(=O)C(F)(F)F)c(OC)cc23)cc1. The van der Waals surface area contributed by atoms with E-state index in [0.29, 0.717) is 34.0 Å². The molecule has 1 heterocycles. The van der Waals surface area contributed by atoms with Crippen LogP contribution in [0.4, 0.5) is 24.5 Å². The fraction of sp³-hybridized carbons (Fsp3) is 0.120. The Balaban J connectivity index is 1.66. The van der Waals surface area contributed by atoms with Crippen molar-refractivity contribution < 1.29 is 35.8 Å². The first-order valence-corrected chi connectivity index (χ1v) is 11.6. The van der Waals surface area contributed by atoms with Crippen molar-refractivity contribution in [1.82, 2.24) is 4.98 Å². The molecule has 1 unspecified atom stereocenters. The summed E-state index contributed by atoms with van der Waals surface area (Å²) in [5, 5.41) is 13.1. The van der Waals surface area contributed by atoms with Crippen LogP contribution >= 0.6 is 0 Å². The van der Waals surface area contributed by atoms with E-state index in [4.69, 9.17) is 14.2 Å². The first kappa shape index (κ1) is 25.6. The van der Waals surface area contributed by atoms with Gasteiger partial charge in [-0.3, -0.25) is 4.98 Å². The number of nitrogens with zero attached hydrogens (tertiary/aromatic N) is 2. The van der Waals surface area contributed by atoms with Crippen molar-refractivity contribution in [1.29, 1.82) is 5.26 Å². The maximum Gasteiger partial charge on any atom is 0.508 e. The zero-order valence-electron chi connectivity index (χ0n) is 19.3. The lowest BCUT2D eigenvalue weighted by atomic mass is 10.1. The van der Waals surface area contributed by atoms with Crippen molar-refractivity contribution in [2.75, 3.05) is 19.5 Å². The molecule has 1 N–H and O–H groups in total. The van der Waals surface area contributed by atoms with E-state index in [9.17, 15) is 22.6 Å². The number of fused-ring (bicyclic) bond motifs is 1. The van der Waals surface area contributed by atoms with Crippen LogP contribution < -0.4 is 23.7 Å². The third-order valence-corrected chi connectivity index (χ3v) is 5.76. The summed E-state index contributed by atoms with van der Waals surface area (Å²) in [6.07, 6.45) is 1.26. The van der Waals surface area contributed by atoms with Crippen LogP contribution in [-0.2, 0) is 11.1 Å². The van der Waals surface area contributed by atoms with Crippen molar-refractivity contribution in [3.05, 3.63) is 72.4 Å². The van der Waals surface area contributed by atoms with Gasteiger partial charge in [-0.2, -0.15) is 18.4 Å². The summed E-state index contributed by atoms with van der Waals surface area (Å²) < 4.78 is 70.5. The zero-order chi connectivity index (χ0) is 26.6. The molecule has 0 bridgehead atoms. The molecule has 190 valence electrons. The van der Waals surface area contributed by atoms with Gasteiger partial charge in [0.15, 0.2) is 23.0 Å². The largest absolute Gasteiger partial charge is 0.508 e. The molecule has 0 radical (unpaired) electrons. The number of alkyl halides is 3. The second-order valence-electron chi connectivity index (χ2n) is 7.34. The molecular weight excluding hydrogens is 511 g/mol. The number of hydrogen-bond donors (Lipinski definition) is 1. The molecule has 0 aliphatic heterocycles. The van der Waals surface area contributed by atoms with E-state index in [1.165, 1.54) is 19.4 Å². The predicted octanol–water partition coefficient (Wildman–Crippen LogP) is 6.22. The van der Waals surface area contributed by atoms with Crippen LogP contribution in [-0.4, -0.2) is 28.9 Å². The monoisotopic (exact) mass is 529 g/mol. The van der Waals surface area contributed by atoms with E-state index >= 15 is 0 Å². The third kappa shape index (κ3) is 5.68. The second-order valence-corrected chi connectivity index (χ2v) is 8.44. The summed E-state index contributed by atoms with van der Waals surface area (Å²) in [6.45, 7) is 0. The lowest BCUT2D eigenvalue weighted by Gasteiger charge is -2.15. The molecule has 37 heavy (non-hydrogen) atoms. The highest BCUT2D eigenvalue weighted by Gasteiger charge is 2.40. The van der Waals surface area contributed by atoms with E-state index in [0.717, 1.165) is 6.07 Å². The van der Waals surface area contributed by atoms with Crippen molar-refractivity contribution >= 4 is 33.4 Å². The van der Waals surface area contributed by atoms with Gasteiger partial charge in [-0.05, 0) is 42.5 Å². The number of benzene rings is 3. The van der Waals surface area contributed by atoms with Crippen LogP contribution in [0.15, 0.2) is 66.9 Å². The minimum Gasteiger partial charge on any atom is -0.493 e. The number of anilines is 2. The molecule has 0 saturated carbocycles. The number of aromatic nitrogens is 1. The van der Waals surface area contributed by atoms with Crippen molar-refractivity contribution in [3.8, 4) is 34.8 Å². The smallest absolute Gasteiger partial charge is 0.493 e. The topological polar surface area (TPSA) is 103 Å². The van der Waals surface area contributed by atoms with Crippen molar-refractivity contribution in [2.24, 2.45) is 0 Å². The normalized spacial score (nSPS) is 11.9. The maximum absolute atomic E-state index is 12.7. The fourth-order valence-corrected chi connectivity index (χ4v) is 3.74. The first-order chi connectivity index (χ1) is 17.7. The zero-order valence-corrected chi connectivity index (χ0v) is 20.1. The Morgan fingerprint density at radius 2 is 1.62 bits per heavy atom. The average molecular weight is 529 g/mol. The van der Waals surface area contributed by atoms with Gasteiger partial charge in [-0.25, -0.2) is 4.21 Å². The maximum atomic E-state index is 12.7. The van der Waals surface area contributed by atoms with Gasteiger partial charge >= 0.3 is 16.6 Å². The van der Waals surface area contributed by atoms with Gasteiger partial charge in [-0.1, -0.05) is 12.1 Å². The quantitative estimate of drug-likeness (QED) is 0.287. The van der Waals surface area contributed by atoms with Crippen molar-refractivity contribution in [3.63, 3.8) is 0 Å². The number of pyridine rings is 1. The molecule has 0 aliphatic rings. The molecule has 0 amide bonds. The lowest BCUT2D eigenvalue weighted by Crippen LogP contribution is -2.21. The van der Waals surface area contributed by atoms with Crippen LogP contribution in [0.25, 0.3) is 10.9 Å². The minimum atomic E-state index is -5.08. The Morgan fingerprint density at radius 1 is 0.946 bits per heavy atom. The van der Waals surface area contributed by atoms with Gasteiger partial charge in [0.05, 0.1) is 31.0 Å². The van der Waals surface area contributed by atoms with Crippen LogP contribution in [0.1, 0.15) is 5.56 Å². The fourth-order valence-electron chi connectivity index (χ4n) is 3.35. The number of methoxy groups -OCH3 is 2. The summed E-state index contributed by atoms with van der Waals surface area (Å²) in [5.41, 5.74) is -3.78. The van der Waals surface area contributed by atoms with E-state index in [-0.39, 0.29) is 16.8 Å². The summed E-state index contributed by atoms with van der Waals surface area (Å²) in [7, 11) is 2.76. The predicted molar refractivity (Wildman–Crippen MR) is 131 cm³/mol. The Hall–Kier alpha value is -4.50. The van der Waals surface area contributed by atoms with E-state index < -0.39 is 22.3 Å².